The summed E-state index contributed by atoms with van der Waals surface area (Å²) in [5.74, 6) is 0.702. The highest BCUT2D eigenvalue weighted by Crippen LogP contribution is 2.38. The van der Waals surface area contributed by atoms with Crippen LogP contribution >= 0.6 is 0 Å². The normalized spacial score (nSPS) is 15.4. The van der Waals surface area contributed by atoms with Gasteiger partial charge in [-0.25, -0.2) is 4.57 Å². The molecule has 1 fully saturated rings. The molecule has 0 spiro atoms. The summed E-state index contributed by atoms with van der Waals surface area (Å²) in [6.45, 7) is 4.33. The number of aromatic nitrogens is 3. The minimum absolute atomic E-state index is 0.702. The fourth-order valence-electron chi connectivity index (χ4n) is 5.60. The molecule has 29 heavy (non-hydrogen) atoms. The molecule has 0 radical (unpaired) electrons. The molecule has 3 aromatic heterocycles. The molecular formula is C26H26N3+. The van der Waals surface area contributed by atoms with Gasteiger partial charge < -0.3 is 0 Å². The maximum absolute atomic E-state index is 5.07. The number of para-hydroxylation sites is 2. The van der Waals surface area contributed by atoms with Gasteiger partial charge in [0.1, 0.15) is 5.52 Å². The molecule has 5 aromatic rings. The van der Waals surface area contributed by atoms with Gasteiger partial charge in [0.05, 0.1) is 18.0 Å². The van der Waals surface area contributed by atoms with Crippen molar-refractivity contribution in [2.75, 3.05) is 0 Å². The number of rotatable bonds is 1. The van der Waals surface area contributed by atoms with Gasteiger partial charge in [0.25, 0.3) is 5.65 Å². The Morgan fingerprint density at radius 1 is 0.966 bits per heavy atom. The maximum atomic E-state index is 5.07. The molecule has 144 valence electrons. The van der Waals surface area contributed by atoms with E-state index in [1.165, 1.54) is 69.8 Å². The number of nitrogens with zero attached hydrogens (tertiary/aromatic N) is 3. The minimum atomic E-state index is 0.702. The van der Waals surface area contributed by atoms with Crippen LogP contribution in [0, 0.1) is 13.8 Å². The van der Waals surface area contributed by atoms with Gasteiger partial charge in [-0.1, -0.05) is 31.0 Å². The molecule has 0 aliphatic heterocycles. The van der Waals surface area contributed by atoms with Crippen molar-refractivity contribution in [2.45, 2.75) is 45.4 Å². The summed E-state index contributed by atoms with van der Waals surface area (Å²) in [6, 6.07) is 18.1. The Kier molecular flexibility index (Phi) is 3.53. The highest BCUT2D eigenvalue weighted by atomic mass is 15.1. The van der Waals surface area contributed by atoms with Crippen molar-refractivity contribution in [3.8, 4) is 0 Å². The Morgan fingerprint density at radius 2 is 1.76 bits per heavy atom. The lowest BCUT2D eigenvalue weighted by molar-refractivity contribution is -0.617. The monoisotopic (exact) mass is 380 g/mol. The van der Waals surface area contributed by atoms with Gasteiger partial charge in [-0.05, 0) is 74.1 Å². The number of fused-ring (bicyclic) bond motifs is 8. The molecule has 0 saturated heterocycles. The topological polar surface area (TPSA) is 21.2 Å². The smallest absolute Gasteiger partial charge is 0.252 e. The molecule has 3 nitrogen and oxygen atoms in total. The average Bonchev–Trinajstić information content (AvgIpc) is 3.35. The quantitative estimate of drug-likeness (QED) is 0.262. The van der Waals surface area contributed by atoms with Crippen molar-refractivity contribution in [1.82, 2.24) is 9.38 Å². The molecule has 0 unspecified atom stereocenters. The van der Waals surface area contributed by atoms with Crippen LogP contribution in [0.1, 0.15) is 48.4 Å². The maximum Gasteiger partial charge on any atom is 0.297 e. The lowest BCUT2D eigenvalue weighted by Crippen LogP contribution is -2.27. The van der Waals surface area contributed by atoms with Gasteiger partial charge in [0.15, 0.2) is 11.0 Å². The Morgan fingerprint density at radius 3 is 2.59 bits per heavy atom. The van der Waals surface area contributed by atoms with E-state index < -0.39 is 0 Å². The number of aryl methyl sites for hydroxylation is 3. The zero-order valence-corrected chi connectivity index (χ0v) is 17.4. The Balaban J connectivity index is 1.88. The predicted molar refractivity (Wildman–Crippen MR) is 120 cm³/mol. The second-order valence-electron chi connectivity index (χ2n) is 8.77. The first-order chi connectivity index (χ1) is 14.1. The van der Waals surface area contributed by atoms with E-state index in [1.54, 1.807) is 0 Å². The summed E-state index contributed by atoms with van der Waals surface area (Å²) < 4.78 is 4.77. The molecule has 3 heterocycles. The third kappa shape index (κ3) is 2.30. The van der Waals surface area contributed by atoms with E-state index >= 15 is 0 Å². The lowest BCUT2D eigenvalue weighted by atomic mass is 9.95. The van der Waals surface area contributed by atoms with Crippen LogP contribution in [0.2, 0.25) is 0 Å². The van der Waals surface area contributed by atoms with Crippen LogP contribution in [-0.4, -0.2) is 9.38 Å². The number of pyridine rings is 2. The second-order valence-corrected chi connectivity index (χ2v) is 8.77. The van der Waals surface area contributed by atoms with Crippen LogP contribution in [0.4, 0.5) is 0 Å². The van der Waals surface area contributed by atoms with Crippen LogP contribution < -0.4 is 4.57 Å². The molecular weight excluding hydrogens is 354 g/mol. The number of hydrogen-bond acceptors (Lipinski definition) is 1. The fraction of sp³-hybridized carbons (Fsp3) is 0.308. The summed E-state index contributed by atoms with van der Waals surface area (Å²) in [4.78, 5) is 5.07. The van der Waals surface area contributed by atoms with E-state index in [1.807, 2.05) is 0 Å². The van der Waals surface area contributed by atoms with E-state index in [-0.39, 0.29) is 0 Å². The number of imidazole rings is 1. The van der Waals surface area contributed by atoms with Crippen molar-refractivity contribution in [2.24, 2.45) is 7.05 Å². The molecule has 0 bridgehead atoms. The number of hydrogen-bond donors (Lipinski definition) is 0. The highest BCUT2D eigenvalue weighted by molar-refractivity contribution is 6.12. The van der Waals surface area contributed by atoms with Crippen molar-refractivity contribution in [1.29, 1.82) is 0 Å². The average molecular weight is 381 g/mol. The summed E-state index contributed by atoms with van der Waals surface area (Å²) in [7, 11) is 2.18. The van der Waals surface area contributed by atoms with E-state index in [0.29, 0.717) is 5.92 Å². The molecule has 1 aliphatic rings. The SMILES string of the molecule is Cc1cc(C)c2c(n1)c1cc(C3CCCC3)ccc1n1c3ccccc3[n+](C)c21. The van der Waals surface area contributed by atoms with Gasteiger partial charge in [-0.2, -0.15) is 4.40 Å². The van der Waals surface area contributed by atoms with Gasteiger partial charge in [-0.15, -0.1) is 0 Å². The Labute approximate surface area is 170 Å². The van der Waals surface area contributed by atoms with Crippen LogP contribution in [-0.2, 0) is 7.05 Å². The fourth-order valence-corrected chi connectivity index (χ4v) is 5.60. The van der Waals surface area contributed by atoms with Gasteiger partial charge in [0.2, 0.25) is 0 Å². The largest absolute Gasteiger partial charge is 0.297 e. The van der Waals surface area contributed by atoms with Crippen molar-refractivity contribution < 1.29 is 4.57 Å². The van der Waals surface area contributed by atoms with Crippen molar-refractivity contribution in [3.63, 3.8) is 0 Å². The molecule has 0 atom stereocenters. The van der Waals surface area contributed by atoms with Gasteiger partial charge in [0, 0.05) is 11.1 Å². The molecule has 1 saturated carbocycles. The van der Waals surface area contributed by atoms with E-state index in [4.69, 9.17) is 4.98 Å². The zero-order chi connectivity index (χ0) is 19.7. The first-order valence-electron chi connectivity index (χ1n) is 10.8. The van der Waals surface area contributed by atoms with Gasteiger partial charge >= 0.3 is 0 Å². The van der Waals surface area contributed by atoms with Crippen LogP contribution in [0.15, 0.2) is 48.5 Å². The van der Waals surface area contributed by atoms with Crippen LogP contribution in [0.3, 0.4) is 0 Å². The molecule has 3 heteroatoms. The second kappa shape index (κ2) is 6.03. The highest BCUT2D eigenvalue weighted by Gasteiger charge is 2.26. The Hall–Kier alpha value is -2.94. The molecule has 1 aliphatic carbocycles. The van der Waals surface area contributed by atoms with Crippen molar-refractivity contribution in [3.05, 3.63) is 65.4 Å². The van der Waals surface area contributed by atoms with E-state index in [0.717, 1.165) is 11.2 Å². The Bertz CT molecular complexity index is 1440. The third-order valence-corrected chi connectivity index (χ3v) is 6.93. The molecule has 6 rings (SSSR count). The molecule has 0 N–H and O–H groups in total. The number of benzene rings is 2. The van der Waals surface area contributed by atoms with Crippen LogP contribution in [0.5, 0.6) is 0 Å². The first kappa shape index (κ1) is 17.0. The third-order valence-electron chi connectivity index (χ3n) is 6.93. The lowest BCUT2D eigenvalue weighted by Gasteiger charge is -2.12. The van der Waals surface area contributed by atoms with Gasteiger partial charge in [-0.3, -0.25) is 4.98 Å². The molecule has 2 aromatic carbocycles. The van der Waals surface area contributed by atoms with Crippen molar-refractivity contribution >= 4 is 38.5 Å². The molecule has 0 amide bonds. The predicted octanol–water partition coefficient (Wildman–Crippen LogP) is 5.89. The zero-order valence-electron chi connectivity index (χ0n) is 17.4. The van der Waals surface area contributed by atoms with E-state index in [9.17, 15) is 0 Å². The summed E-state index contributed by atoms with van der Waals surface area (Å²) >= 11 is 0. The standard InChI is InChI=1S/C26H26N3/c1-16-14-17(2)27-25-20-15-19(18-8-4-5-9-18)12-13-21(20)29-23-11-7-6-10-22(23)28(3)26(29)24(16)25/h6-7,10-15,18H,4-5,8-9H2,1-3H3/q+1. The summed E-state index contributed by atoms with van der Waals surface area (Å²) in [5.41, 5.74) is 10.00. The summed E-state index contributed by atoms with van der Waals surface area (Å²) in [6.07, 6.45) is 5.35. The van der Waals surface area contributed by atoms with E-state index in [2.05, 4.69) is 78.4 Å². The van der Waals surface area contributed by atoms with Crippen LogP contribution in [0.25, 0.3) is 38.5 Å². The summed E-state index contributed by atoms with van der Waals surface area (Å²) in [5, 5.41) is 2.55. The minimum Gasteiger partial charge on any atom is -0.252 e. The first-order valence-corrected chi connectivity index (χ1v) is 10.8.